The van der Waals surface area contributed by atoms with Gasteiger partial charge in [0.05, 0.1) is 30.0 Å². The van der Waals surface area contributed by atoms with E-state index in [2.05, 4.69) is 49.2 Å². The Bertz CT molecular complexity index is 1190. The topological polar surface area (TPSA) is 177 Å². The lowest BCUT2D eigenvalue weighted by atomic mass is 9.96. The summed E-state index contributed by atoms with van der Waals surface area (Å²) in [5.74, 6) is -4.91. The smallest absolute Gasteiger partial charge is 0.336 e. The van der Waals surface area contributed by atoms with Crippen LogP contribution in [0.3, 0.4) is 0 Å². The first-order valence-corrected chi connectivity index (χ1v) is 14.0. The van der Waals surface area contributed by atoms with E-state index in [0.717, 1.165) is 47.2 Å². The molecule has 1 atom stereocenters. The maximum atomic E-state index is 12.7. The van der Waals surface area contributed by atoms with Crippen molar-refractivity contribution in [3.05, 3.63) is 39.2 Å². The fourth-order valence-electron chi connectivity index (χ4n) is 4.57. The van der Waals surface area contributed by atoms with E-state index >= 15 is 0 Å². The van der Waals surface area contributed by atoms with Gasteiger partial charge in [-0.2, -0.15) is 0 Å². The molecule has 12 heteroatoms. The molecule has 1 saturated heterocycles. The van der Waals surface area contributed by atoms with Crippen LogP contribution in [0.15, 0.2) is 18.2 Å². The van der Waals surface area contributed by atoms with Gasteiger partial charge in [0.25, 0.3) is 0 Å². The van der Waals surface area contributed by atoms with Crippen molar-refractivity contribution in [2.45, 2.75) is 77.9 Å². The van der Waals surface area contributed by atoms with E-state index in [9.17, 15) is 19.2 Å². The van der Waals surface area contributed by atoms with E-state index in [0.29, 0.717) is 6.42 Å². The monoisotopic (exact) mass is 577 g/mol. The van der Waals surface area contributed by atoms with E-state index in [-0.39, 0.29) is 11.9 Å². The second kappa shape index (κ2) is 14.9. The van der Waals surface area contributed by atoms with Gasteiger partial charge in [-0.05, 0) is 58.7 Å². The van der Waals surface area contributed by atoms with E-state index in [4.69, 9.17) is 25.4 Å². The largest absolute Gasteiger partial charge is 0.481 e. The number of hydrogen-bond acceptors (Lipinski definition) is 8. The molecule has 1 aromatic heterocycles. The van der Waals surface area contributed by atoms with Crippen LogP contribution in [0, 0.1) is 20.8 Å². The van der Waals surface area contributed by atoms with Gasteiger partial charge in [-0.1, -0.05) is 30.7 Å². The number of likely N-dealkylation sites (tertiary alicyclic amines) is 1. The minimum atomic E-state index is -2.74. The van der Waals surface area contributed by atoms with Gasteiger partial charge in [0.15, 0.2) is 5.60 Å². The molecule has 1 aliphatic rings. The zero-order valence-electron chi connectivity index (χ0n) is 23.4. The van der Waals surface area contributed by atoms with Crippen molar-refractivity contribution in [1.82, 2.24) is 15.2 Å². The highest BCUT2D eigenvalue weighted by molar-refractivity contribution is 7.12. The normalized spacial score (nSPS) is 14.2. The molecule has 5 N–H and O–H groups in total. The average Bonchev–Trinajstić information content (AvgIpc) is 3.47. The number of hydrogen-bond donors (Lipinski definition) is 5. The Morgan fingerprint density at radius 3 is 2.15 bits per heavy atom. The van der Waals surface area contributed by atoms with Gasteiger partial charge in [-0.25, -0.2) is 9.78 Å². The summed E-state index contributed by atoms with van der Waals surface area (Å²) in [6.45, 7) is 11.7. The van der Waals surface area contributed by atoms with Gasteiger partial charge >= 0.3 is 17.9 Å². The van der Waals surface area contributed by atoms with Crippen molar-refractivity contribution in [1.29, 1.82) is 0 Å². The zero-order chi connectivity index (χ0) is 30.0. The number of aliphatic hydroxyl groups is 1. The summed E-state index contributed by atoms with van der Waals surface area (Å²) in [7, 11) is 0. The van der Waals surface area contributed by atoms with Crippen LogP contribution in [-0.4, -0.2) is 85.4 Å². The molecule has 11 nitrogen and oxygen atoms in total. The van der Waals surface area contributed by atoms with E-state index in [1.165, 1.54) is 24.0 Å². The fourth-order valence-corrected chi connectivity index (χ4v) is 5.52. The van der Waals surface area contributed by atoms with Gasteiger partial charge < -0.3 is 30.6 Å². The number of aryl methyl sites for hydroxylation is 3. The first-order chi connectivity index (χ1) is 18.7. The molecule has 3 rings (SSSR count). The molecule has 2 heterocycles. The van der Waals surface area contributed by atoms with Crippen molar-refractivity contribution >= 4 is 35.2 Å². The molecule has 0 saturated carbocycles. The summed E-state index contributed by atoms with van der Waals surface area (Å²) < 4.78 is 0. The van der Waals surface area contributed by atoms with Crippen LogP contribution in [0.25, 0.3) is 11.3 Å². The molecular formula is C28H39N3O8S. The Kier molecular flexibility index (Phi) is 12.2. The maximum absolute atomic E-state index is 12.7. The number of carboxylic acids is 3. The summed E-state index contributed by atoms with van der Waals surface area (Å²) in [5, 5.41) is 38.1. The molecule has 1 aliphatic heterocycles. The summed E-state index contributed by atoms with van der Waals surface area (Å²) in [6.07, 6.45) is 1.65. The Hall–Kier alpha value is -3.35. The van der Waals surface area contributed by atoms with Crippen LogP contribution in [0.5, 0.6) is 0 Å². The van der Waals surface area contributed by atoms with Crippen molar-refractivity contribution in [2.24, 2.45) is 0 Å². The lowest BCUT2D eigenvalue weighted by molar-refractivity contribution is -0.170. The highest BCUT2D eigenvalue weighted by Gasteiger charge is 2.40. The Morgan fingerprint density at radius 1 is 1.05 bits per heavy atom. The lowest BCUT2D eigenvalue weighted by Gasteiger charge is -2.23. The molecule has 220 valence electrons. The highest BCUT2D eigenvalue weighted by Crippen LogP contribution is 2.31. The summed E-state index contributed by atoms with van der Waals surface area (Å²) >= 11 is 1.64. The number of aliphatic carboxylic acids is 3. The van der Waals surface area contributed by atoms with Crippen LogP contribution in [0.4, 0.5) is 0 Å². The third kappa shape index (κ3) is 10.00. The molecule has 1 aromatic carbocycles. The third-order valence-electron chi connectivity index (χ3n) is 6.58. The molecular weight excluding hydrogens is 538 g/mol. The van der Waals surface area contributed by atoms with E-state index in [1.807, 2.05) is 6.92 Å². The molecule has 2 aromatic rings. The number of aromatic nitrogens is 1. The third-order valence-corrected chi connectivity index (χ3v) is 7.55. The summed E-state index contributed by atoms with van der Waals surface area (Å²) in [4.78, 5) is 51.5. The molecule has 0 radical (unpaired) electrons. The van der Waals surface area contributed by atoms with E-state index < -0.39 is 36.4 Å². The summed E-state index contributed by atoms with van der Waals surface area (Å²) in [6, 6.07) is 6.65. The highest BCUT2D eigenvalue weighted by atomic mass is 32.1. The number of nitrogens with zero attached hydrogens (tertiary/aromatic N) is 2. The van der Waals surface area contributed by atoms with Crippen LogP contribution in [0.2, 0.25) is 0 Å². The number of carbonyl (C=O) groups is 4. The predicted molar refractivity (Wildman–Crippen MR) is 150 cm³/mol. The second-order valence-electron chi connectivity index (χ2n) is 10.2. The number of carbonyl (C=O) groups excluding carboxylic acids is 1. The molecule has 1 amide bonds. The molecule has 0 bridgehead atoms. The van der Waals surface area contributed by atoms with Crippen molar-refractivity contribution in [3.8, 4) is 11.3 Å². The van der Waals surface area contributed by atoms with Crippen molar-refractivity contribution in [3.63, 3.8) is 0 Å². The quantitative estimate of drug-likeness (QED) is 0.252. The first kappa shape index (κ1) is 32.9. The van der Waals surface area contributed by atoms with Crippen LogP contribution >= 0.6 is 11.3 Å². The zero-order valence-corrected chi connectivity index (χ0v) is 24.2. The molecule has 40 heavy (non-hydrogen) atoms. The van der Waals surface area contributed by atoms with Gasteiger partial charge in [0, 0.05) is 23.0 Å². The van der Waals surface area contributed by atoms with Crippen molar-refractivity contribution in [2.75, 3.05) is 19.6 Å². The maximum Gasteiger partial charge on any atom is 0.336 e. The average molecular weight is 578 g/mol. The Labute approximate surface area is 237 Å². The molecule has 0 spiro atoms. The van der Waals surface area contributed by atoms with Crippen LogP contribution in [0.1, 0.15) is 60.0 Å². The SMILES string of the molecule is CCC(CN1CCCC1)NC(=O)Cc1sc(C)nc1-c1ccc(C)cc1C.O=C(O)CC(O)(CC(=O)O)C(=O)O. The second-order valence-corrected chi connectivity index (χ2v) is 11.4. The lowest BCUT2D eigenvalue weighted by Crippen LogP contribution is -2.43. The van der Waals surface area contributed by atoms with Gasteiger partial charge in [-0.15, -0.1) is 11.3 Å². The Morgan fingerprint density at radius 2 is 1.65 bits per heavy atom. The minimum Gasteiger partial charge on any atom is -0.481 e. The molecule has 1 fully saturated rings. The van der Waals surface area contributed by atoms with Gasteiger partial charge in [0.1, 0.15) is 0 Å². The molecule has 1 unspecified atom stereocenters. The van der Waals surface area contributed by atoms with E-state index in [1.54, 1.807) is 11.3 Å². The van der Waals surface area contributed by atoms with Gasteiger partial charge in [-0.3, -0.25) is 14.4 Å². The minimum absolute atomic E-state index is 0.107. The van der Waals surface area contributed by atoms with Crippen LogP contribution < -0.4 is 5.32 Å². The molecule has 0 aliphatic carbocycles. The Balaban J connectivity index is 0.000000366. The summed E-state index contributed by atoms with van der Waals surface area (Å²) in [5.41, 5.74) is 1.82. The number of carboxylic acid groups (broad SMARTS) is 3. The number of rotatable bonds is 12. The standard InChI is InChI=1S/C22H31N3OS.C6H8O7/c1-5-18(14-25-10-6-7-11-25)24-21(26)13-20-22(23-17(4)27-20)19-9-8-15(2)12-16(19)3;7-3(8)1-6(13,5(11)12)2-4(9)10/h8-9,12,18H,5-7,10-11,13-14H2,1-4H3,(H,24,26);13H,1-2H2,(H,7,8)(H,9,10)(H,11,12). The first-order valence-electron chi connectivity index (χ1n) is 13.2. The van der Waals surface area contributed by atoms with Crippen molar-refractivity contribution < 1.29 is 39.6 Å². The number of benzene rings is 1. The number of nitrogens with one attached hydrogen (secondary N) is 1. The number of thiazole rings is 1. The van der Waals surface area contributed by atoms with Crippen LogP contribution in [-0.2, 0) is 25.6 Å². The number of amides is 1. The predicted octanol–water partition coefficient (Wildman–Crippen LogP) is 3.02. The fraction of sp³-hybridized carbons (Fsp3) is 0.536. The van der Waals surface area contributed by atoms with Gasteiger partial charge in [0.2, 0.25) is 5.91 Å².